The molecule has 3 N–H and O–H groups in total. The van der Waals surface area contributed by atoms with Crippen molar-refractivity contribution in [3.8, 4) is 0 Å². The number of amides is 1. The normalized spacial score (nSPS) is 17.3. The predicted molar refractivity (Wildman–Crippen MR) is 86.9 cm³/mol. The highest BCUT2D eigenvalue weighted by Crippen LogP contribution is 2.11. The minimum atomic E-state index is -0.0478. The minimum Gasteiger partial charge on any atom is -0.376 e. The monoisotopic (exact) mass is 314 g/mol. The zero-order valence-electron chi connectivity index (χ0n) is 13.0. The van der Waals surface area contributed by atoms with Crippen molar-refractivity contribution in [1.29, 1.82) is 0 Å². The lowest BCUT2D eigenvalue weighted by atomic mass is 10.1. The predicted octanol–water partition coefficient (Wildman–Crippen LogP) is 1.61. The Kier molecular flexibility index (Phi) is 5.39. The molecule has 23 heavy (non-hydrogen) atoms. The van der Waals surface area contributed by atoms with Gasteiger partial charge >= 0.3 is 0 Å². The second-order valence-corrected chi connectivity index (χ2v) is 5.68. The van der Waals surface area contributed by atoms with Gasteiger partial charge in [0.05, 0.1) is 12.6 Å². The Morgan fingerprint density at radius 1 is 1.39 bits per heavy atom. The number of aromatic amines is 1. The van der Waals surface area contributed by atoms with Crippen molar-refractivity contribution < 1.29 is 9.53 Å². The SMILES string of the molecule is O=C(NCC1CCCO1)c1cccc(CNCc2ncc[nH]2)c1. The average Bonchev–Trinajstić information content (AvgIpc) is 3.26. The van der Waals surface area contributed by atoms with Crippen LogP contribution in [-0.2, 0) is 17.8 Å². The molecule has 1 unspecified atom stereocenters. The van der Waals surface area contributed by atoms with E-state index in [0.717, 1.165) is 30.8 Å². The number of nitrogens with one attached hydrogen (secondary N) is 3. The molecule has 1 atom stereocenters. The van der Waals surface area contributed by atoms with Crippen LogP contribution in [0.4, 0.5) is 0 Å². The molecule has 0 saturated carbocycles. The molecule has 0 radical (unpaired) electrons. The van der Waals surface area contributed by atoms with Gasteiger partial charge in [-0.15, -0.1) is 0 Å². The maximum atomic E-state index is 12.2. The van der Waals surface area contributed by atoms with Gasteiger partial charge in [0.1, 0.15) is 5.82 Å². The van der Waals surface area contributed by atoms with Crippen LogP contribution >= 0.6 is 0 Å². The van der Waals surface area contributed by atoms with Gasteiger partial charge < -0.3 is 20.4 Å². The van der Waals surface area contributed by atoms with Crippen molar-refractivity contribution >= 4 is 5.91 Å². The number of rotatable bonds is 7. The Balaban J connectivity index is 1.48. The molecule has 1 amide bonds. The molecule has 1 aliphatic heterocycles. The number of hydrogen-bond acceptors (Lipinski definition) is 4. The summed E-state index contributed by atoms with van der Waals surface area (Å²) in [6.45, 7) is 2.74. The molecule has 0 bridgehead atoms. The van der Waals surface area contributed by atoms with Gasteiger partial charge in [0, 0.05) is 37.7 Å². The fourth-order valence-corrected chi connectivity index (χ4v) is 2.66. The van der Waals surface area contributed by atoms with Gasteiger partial charge in [-0.3, -0.25) is 4.79 Å². The summed E-state index contributed by atoms with van der Waals surface area (Å²) >= 11 is 0. The average molecular weight is 314 g/mol. The van der Waals surface area contributed by atoms with Crippen molar-refractivity contribution in [1.82, 2.24) is 20.6 Å². The topological polar surface area (TPSA) is 79.0 Å². The van der Waals surface area contributed by atoms with Crippen molar-refractivity contribution in [2.45, 2.75) is 32.0 Å². The molecule has 122 valence electrons. The van der Waals surface area contributed by atoms with Gasteiger partial charge in [-0.05, 0) is 30.5 Å². The third kappa shape index (κ3) is 4.64. The second kappa shape index (κ2) is 7.89. The summed E-state index contributed by atoms with van der Waals surface area (Å²) in [5.41, 5.74) is 1.75. The summed E-state index contributed by atoms with van der Waals surface area (Å²) < 4.78 is 5.52. The summed E-state index contributed by atoms with van der Waals surface area (Å²) in [6, 6.07) is 7.66. The quantitative estimate of drug-likeness (QED) is 0.725. The van der Waals surface area contributed by atoms with Crippen LogP contribution in [0.3, 0.4) is 0 Å². The molecule has 0 aliphatic carbocycles. The lowest BCUT2D eigenvalue weighted by molar-refractivity contribution is 0.0857. The third-order valence-electron chi connectivity index (χ3n) is 3.88. The molecule has 6 heteroatoms. The lowest BCUT2D eigenvalue weighted by Gasteiger charge is -2.11. The largest absolute Gasteiger partial charge is 0.376 e. The van der Waals surface area contributed by atoms with E-state index in [4.69, 9.17) is 4.74 Å². The Labute approximate surface area is 135 Å². The molecular formula is C17H22N4O2. The number of imidazole rings is 1. The van der Waals surface area contributed by atoms with Crippen LogP contribution in [-0.4, -0.2) is 35.1 Å². The van der Waals surface area contributed by atoms with Crippen molar-refractivity contribution in [2.75, 3.05) is 13.2 Å². The van der Waals surface area contributed by atoms with Gasteiger partial charge in [-0.2, -0.15) is 0 Å². The highest BCUT2D eigenvalue weighted by molar-refractivity contribution is 5.94. The number of nitrogens with zero attached hydrogens (tertiary/aromatic N) is 1. The van der Waals surface area contributed by atoms with Crippen molar-refractivity contribution in [3.05, 3.63) is 53.6 Å². The molecule has 0 spiro atoms. The fraction of sp³-hybridized carbons (Fsp3) is 0.412. The smallest absolute Gasteiger partial charge is 0.251 e. The first kappa shape index (κ1) is 15.7. The molecular weight excluding hydrogens is 292 g/mol. The number of aromatic nitrogens is 2. The molecule has 1 saturated heterocycles. The van der Waals surface area contributed by atoms with E-state index in [2.05, 4.69) is 20.6 Å². The van der Waals surface area contributed by atoms with Gasteiger partial charge in [0.25, 0.3) is 5.91 Å². The molecule has 1 aromatic carbocycles. The fourth-order valence-electron chi connectivity index (χ4n) is 2.66. The summed E-state index contributed by atoms with van der Waals surface area (Å²) in [7, 11) is 0. The van der Waals surface area contributed by atoms with Crippen molar-refractivity contribution in [3.63, 3.8) is 0 Å². The highest BCUT2D eigenvalue weighted by Gasteiger charge is 2.16. The first-order chi connectivity index (χ1) is 11.3. The second-order valence-electron chi connectivity index (χ2n) is 5.68. The summed E-state index contributed by atoms with van der Waals surface area (Å²) in [5, 5.41) is 6.25. The lowest BCUT2D eigenvalue weighted by Crippen LogP contribution is -2.31. The van der Waals surface area contributed by atoms with E-state index in [1.54, 1.807) is 12.4 Å². The Bertz CT molecular complexity index is 621. The molecule has 2 aromatic rings. The maximum absolute atomic E-state index is 12.2. The summed E-state index contributed by atoms with van der Waals surface area (Å²) in [6.07, 6.45) is 5.80. The Morgan fingerprint density at radius 3 is 3.13 bits per heavy atom. The van der Waals surface area contributed by atoms with Gasteiger partial charge in [-0.1, -0.05) is 12.1 Å². The van der Waals surface area contributed by atoms with E-state index >= 15 is 0 Å². The standard InChI is InChI=1S/C17H22N4O2/c22-17(21-11-15-5-2-8-23-15)14-4-1-3-13(9-14)10-18-12-16-19-6-7-20-16/h1,3-4,6-7,9,15,18H,2,5,8,10-12H2,(H,19,20)(H,21,22). The van der Waals surface area contributed by atoms with Crippen LogP contribution in [0.1, 0.15) is 34.6 Å². The highest BCUT2D eigenvalue weighted by atomic mass is 16.5. The van der Waals surface area contributed by atoms with E-state index in [-0.39, 0.29) is 12.0 Å². The number of H-pyrrole nitrogens is 1. The molecule has 1 fully saturated rings. The molecule has 1 aromatic heterocycles. The number of carbonyl (C=O) groups is 1. The van der Waals surface area contributed by atoms with E-state index in [1.165, 1.54) is 0 Å². The number of hydrogen-bond donors (Lipinski definition) is 3. The number of carbonyl (C=O) groups excluding carboxylic acids is 1. The Hall–Kier alpha value is -2.18. The zero-order chi connectivity index (χ0) is 15.9. The molecule has 6 nitrogen and oxygen atoms in total. The van der Waals surface area contributed by atoms with Gasteiger partial charge in [0.2, 0.25) is 0 Å². The zero-order valence-corrected chi connectivity index (χ0v) is 13.0. The van der Waals surface area contributed by atoms with Crippen LogP contribution < -0.4 is 10.6 Å². The van der Waals surface area contributed by atoms with Crippen LogP contribution in [0.2, 0.25) is 0 Å². The first-order valence-electron chi connectivity index (χ1n) is 7.99. The molecule has 1 aliphatic rings. The van der Waals surface area contributed by atoms with E-state index < -0.39 is 0 Å². The third-order valence-corrected chi connectivity index (χ3v) is 3.88. The first-order valence-corrected chi connectivity index (χ1v) is 7.99. The van der Waals surface area contributed by atoms with Gasteiger partial charge in [-0.25, -0.2) is 4.98 Å². The van der Waals surface area contributed by atoms with Crippen LogP contribution in [0.5, 0.6) is 0 Å². The number of benzene rings is 1. The number of ether oxygens (including phenoxy) is 1. The maximum Gasteiger partial charge on any atom is 0.251 e. The van der Waals surface area contributed by atoms with Crippen molar-refractivity contribution in [2.24, 2.45) is 0 Å². The van der Waals surface area contributed by atoms with Gasteiger partial charge in [0.15, 0.2) is 0 Å². The van der Waals surface area contributed by atoms with Crippen LogP contribution in [0, 0.1) is 0 Å². The van der Waals surface area contributed by atoms with E-state index in [9.17, 15) is 4.79 Å². The Morgan fingerprint density at radius 2 is 2.35 bits per heavy atom. The van der Waals surface area contributed by atoms with Crippen LogP contribution in [0.25, 0.3) is 0 Å². The van der Waals surface area contributed by atoms with Crippen LogP contribution in [0.15, 0.2) is 36.7 Å². The van der Waals surface area contributed by atoms with E-state index in [0.29, 0.717) is 25.2 Å². The minimum absolute atomic E-state index is 0.0478. The summed E-state index contributed by atoms with van der Waals surface area (Å²) in [5.74, 6) is 0.851. The summed E-state index contributed by atoms with van der Waals surface area (Å²) in [4.78, 5) is 19.4. The molecule has 3 rings (SSSR count). The van der Waals surface area contributed by atoms with E-state index in [1.807, 2.05) is 24.3 Å². The molecule has 2 heterocycles.